The van der Waals surface area contributed by atoms with Gasteiger partial charge in [-0.15, -0.1) is 0 Å². The van der Waals surface area contributed by atoms with E-state index >= 15 is 0 Å². The maximum Gasteiger partial charge on any atom is 0.406 e. The van der Waals surface area contributed by atoms with Crippen molar-refractivity contribution in [3.63, 3.8) is 0 Å². The van der Waals surface area contributed by atoms with Gasteiger partial charge in [-0.3, -0.25) is 4.57 Å². The van der Waals surface area contributed by atoms with Crippen molar-refractivity contribution in [3.8, 4) is 0 Å². The summed E-state index contributed by atoms with van der Waals surface area (Å²) in [6.45, 7) is 4.81. The quantitative estimate of drug-likeness (QED) is 0.638. The van der Waals surface area contributed by atoms with Crippen molar-refractivity contribution >= 4 is 11.6 Å². The lowest BCUT2D eigenvalue weighted by Crippen LogP contribution is -2.38. The summed E-state index contributed by atoms with van der Waals surface area (Å²) >= 11 is 0. The third-order valence-electron chi connectivity index (χ3n) is 3.78. The van der Waals surface area contributed by atoms with Gasteiger partial charge in [-0.05, 0) is 15.5 Å². The molecule has 0 radical (unpaired) electrons. The van der Waals surface area contributed by atoms with Crippen LogP contribution in [0.15, 0.2) is 30.3 Å². The first-order chi connectivity index (χ1) is 10.7. The summed E-state index contributed by atoms with van der Waals surface area (Å²) in [5.41, 5.74) is 1.09. The fourth-order valence-corrected chi connectivity index (χ4v) is 2.70. The van der Waals surface area contributed by atoms with Crippen LogP contribution in [-0.4, -0.2) is 40.8 Å². The predicted molar refractivity (Wildman–Crippen MR) is 82.2 cm³/mol. The molecule has 0 atom stereocenters. The average molecular weight is 302 g/mol. The second-order valence-electron chi connectivity index (χ2n) is 5.23. The number of imidazole rings is 1. The van der Waals surface area contributed by atoms with Crippen LogP contribution in [0.1, 0.15) is 11.4 Å². The van der Waals surface area contributed by atoms with Crippen molar-refractivity contribution < 1.29 is 9.66 Å². The lowest BCUT2D eigenvalue weighted by Gasteiger charge is -2.28. The molecular formula is C15H18N4O3. The first kappa shape index (κ1) is 14.5. The number of hydrogen-bond acceptors (Lipinski definition) is 5. The van der Waals surface area contributed by atoms with Gasteiger partial charge < -0.3 is 19.8 Å². The zero-order valence-electron chi connectivity index (χ0n) is 12.4. The minimum atomic E-state index is -0.403. The number of nitro groups is 1. The standard InChI is InChI=1S/C15H18N4O3/c1-12-16-14(19(20)21)15(17-7-9-22-10-8-17)18(12)11-13-5-3-2-4-6-13/h2-6H,7-11H2,1H3. The molecule has 1 aromatic carbocycles. The summed E-state index contributed by atoms with van der Waals surface area (Å²) < 4.78 is 7.26. The van der Waals surface area contributed by atoms with Crippen LogP contribution >= 0.6 is 0 Å². The third kappa shape index (κ3) is 2.80. The van der Waals surface area contributed by atoms with E-state index < -0.39 is 4.92 Å². The number of anilines is 1. The molecule has 0 unspecified atom stereocenters. The molecule has 7 heteroatoms. The van der Waals surface area contributed by atoms with Crippen LogP contribution in [0.5, 0.6) is 0 Å². The number of aryl methyl sites for hydroxylation is 1. The molecule has 22 heavy (non-hydrogen) atoms. The van der Waals surface area contributed by atoms with E-state index in [4.69, 9.17) is 4.74 Å². The molecule has 1 aliphatic rings. The van der Waals surface area contributed by atoms with Crippen molar-refractivity contribution in [3.05, 3.63) is 51.8 Å². The van der Waals surface area contributed by atoms with Gasteiger partial charge in [-0.2, -0.15) is 0 Å². The summed E-state index contributed by atoms with van der Waals surface area (Å²) in [7, 11) is 0. The molecule has 0 N–H and O–H groups in total. The Balaban J connectivity index is 2.02. The molecule has 2 aromatic rings. The number of rotatable bonds is 4. The van der Waals surface area contributed by atoms with Crippen molar-refractivity contribution in [2.24, 2.45) is 0 Å². The van der Waals surface area contributed by atoms with Gasteiger partial charge in [-0.25, -0.2) is 0 Å². The Kier molecular flexibility index (Phi) is 4.06. The molecule has 1 saturated heterocycles. The Bertz CT molecular complexity index is 663. The van der Waals surface area contributed by atoms with Gasteiger partial charge in [0, 0.05) is 20.0 Å². The van der Waals surface area contributed by atoms with Crippen molar-refractivity contribution in [2.45, 2.75) is 13.5 Å². The fourth-order valence-electron chi connectivity index (χ4n) is 2.70. The van der Waals surface area contributed by atoms with Crippen LogP contribution in [0, 0.1) is 17.0 Å². The average Bonchev–Trinajstić information content (AvgIpc) is 2.86. The number of morpholine rings is 1. The number of hydrogen-bond donors (Lipinski definition) is 0. The molecule has 0 aliphatic carbocycles. The zero-order chi connectivity index (χ0) is 15.5. The van der Waals surface area contributed by atoms with Crippen molar-refractivity contribution in [1.82, 2.24) is 9.55 Å². The highest BCUT2D eigenvalue weighted by molar-refractivity contribution is 5.56. The van der Waals surface area contributed by atoms with Crippen LogP contribution in [0.3, 0.4) is 0 Å². The summed E-state index contributed by atoms with van der Waals surface area (Å²) in [6.07, 6.45) is 0. The molecule has 0 amide bonds. The summed E-state index contributed by atoms with van der Waals surface area (Å²) in [4.78, 5) is 17.1. The Hall–Kier alpha value is -2.41. The highest BCUT2D eigenvalue weighted by Crippen LogP contribution is 2.30. The molecule has 1 aliphatic heterocycles. The SMILES string of the molecule is Cc1nc([N+](=O)[O-])c(N2CCOCC2)n1Cc1ccccc1. The lowest BCUT2D eigenvalue weighted by atomic mass is 10.2. The number of aromatic nitrogens is 2. The fraction of sp³-hybridized carbons (Fsp3) is 0.400. The Morgan fingerprint density at radius 3 is 2.59 bits per heavy atom. The largest absolute Gasteiger partial charge is 0.406 e. The van der Waals surface area contributed by atoms with Gasteiger partial charge in [0.1, 0.15) is 0 Å². The van der Waals surface area contributed by atoms with E-state index in [1.54, 1.807) is 6.92 Å². The van der Waals surface area contributed by atoms with Gasteiger partial charge in [0.25, 0.3) is 0 Å². The lowest BCUT2D eigenvalue weighted by molar-refractivity contribution is -0.388. The summed E-state index contributed by atoms with van der Waals surface area (Å²) in [6, 6.07) is 9.90. The number of benzene rings is 1. The Morgan fingerprint density at radius 2 is 1.95 bits per heavy atom. The van der Waals surface area contributed by atoms with E-state index in [0.717, 1.165) is 5.56 Å². The third-order valence-corrected chi connectivity index (χ3v) is 3.78. The summed E-state index contributed by atoms with van der Waals surface area (Å²) in [5.74, 6) is 1.15. The van der Waals surface area contributed by atoms with E-state index in [0.29, 0.717) is 44.5 Å². The van der Waals surface area contributed by atoms with Crippen molar-refractivity contribution in [1.29, 1.82) is 0 Å². The molecule has 0 spiro atoms. The molecular weight excluding hydrogens is 284 g/mol. The summed E-state index contributed by atoms with van der Waals surface area (Å²) in [5, 5.41) is 11.4. The molecule has 3 rings (SSSR count). The van der Waals surface area contributed by atoms with Crippen LogP contribution in [0.25, 0.3) is 0 Å². The van der Waals surface area contributed by atoms with E-state index in [-0.39, 0.29) is 5.82 Å². The van der Waals surface area contributed by atoms with Crippen LogP contribution in [0.2, 0.25) is 0 Å². The van der Waals surface area contributed by atoms with Gasteiger partial charge >= 0.3 is 5.82 Å². The van der Waals surface area contributed by atoms with Gasteiger partial charge in [-0.1, -0.05) is 30.3 Å². The highest BCUT2D eigenvalue weighted by atomic mass is 16.6. The molecule has 1 aromatic heterocycles. The molecule has 2 heterocycles. The monoisotopic (exact) mass is 302 g/mol. The molecule has 7 nitrogen and oxygen atoms in total. The smallest absolute Gasteiger partial charge is 0.378 e. The second kappa shape index (κ2) is 6.15. The van der Waals surface area contributed by atoms with Crippen LogP contribution < -0.4 is 4.90 Å². The van der Waals surface area contributed by atoms with Crippen LogP contribution in [-0.2, 0) is 11.3 Å². The number of nitrogens with zero attached hydrogens (tertiary/aromatic N) is 4. The van der Waals surface area contributed by atoms with E-state index in [1.807, 2.05) is 39.8 Å². The molecule has 0 saturated carbocycles. The molecule has 1 fully saturated rings. The zero-order valence-corrected chi connectivity index (χ0v) is 12.4. The second-order valence-corrected chi connectivity index (χ2v) is 5.23. The topological polar surface area (TPSA) is 73.4 Å². The first-order valence-electron chi connectivity index (χ1n) is 7.25. The maximum atomic E-state index is 11.4. The Labute approximate surface area is 128 Å². The van der Waals surface area contributed by atoms with Gasteiger partial charge in [0.15, 0.2) is 0 Å². The Morgan fingerprint density at radius 1 is 1.27 bits per heavy atom. The molecule has 0 bridgehead atoms. The van der Waals surface area contributed by atoms with E-state index in [9.17, 15) is 10.1 Å². The van der Waals surface area contributed by atoms with Crippen LogP contribution in [0.4, 0.5) is 11.6 Å². The van der Waals surface area contributed by atoms with Gasteiger partial charge in [0.2, 0.25) is 11.6 Å². The first-order valence-corrected chi connectivity index (χ1v) is 7.25. The predicted octanol–water partition coefficient (Wildman–Crippen LogP) is 1.98. The van der Waals surface area contributed by atoms with Gasteiger partial charge in [0.05, 0.1) is 19.8 Å². The normalized spacial score (nSPS) is 15.0. The molecule has 116 valence electrons. The minimum Gasteiger partial charge on any atom is -0.378 e. The van der Waals surface area contributed by atoms with E-state index in [2.05, 4.69) is 4.98 Å². The highest BCUT2D eigenvalue weighted by Gasteiger charge is 2.30. The van der Waals surface area contributed by atoms with Crippen molar-refractivity contribution in [2.75, 3.05) is 31.2 Å². The number of ether oxygens (including phenoxy) is 1. The van der Waals surface area contributed by atoms with E-state index in [1.165, 1.54) is 0 Å². The minimum absolute atomic E-state index is 0.0738. The maximum absolute atomic E-state index is 11.4.